The van der Waals surface area contributed by atoms with Gasteiger partial charge in [0, 0.05) is 18.6 Å². The first-order chi connectivity index (χ1) is 10.1. The van der Waals surface area contributed by atoms with E-state index in [-0.39, 0.29) is 0 Å². The Labute approximate surface area is 130 Å². The van der Waals surface area contributed by atoms with Crippen molar-refractivity contribution < 1.29 is 0 Å². The van der Waals surface area contributed by atoms with Gasteiger partial charge >= 0.3 is 0 Å². The Balaban J connectivity index is 2.08. The van der Waals surface area contributed by atoms with Crippen LogP contribution >= 0.6 is 0 Å². The van der Waals surface area contributed by atoms with E-state index in [1.54, 1.807) is 0 Å². The van der Waals surface area contributed by atoms with E-state index in [2.05, 4.69) is 62.2 Å². The lowest BCUT2D eigenvalue weighted by atomic mass is 9.92. The van der Waals surface area contributed by atoms with Gasteiger partial charge in [0.2, 0.25) is 0 Å². The molecule has 21 heavy (non-hydrogen) atoms. The van der Waals surface area contributed by atoms with Gasteiger partial charge in [-0.15, -0.1) is 0 Å². The second-order valence-corrected chi connectivity index (χ2v) is 6.84. The van der Waals surface area contributed by atoms with Crippen molar-refractivity contribution >= 4 is 0 Å². The van der Waals surface area contributed by atoms with Gasteiger partial charge in [0.15, 0.2) is 0 Å². The summed E-state index contributed by atoms with van der Waals surface area (Å²) in [5.74, 6) is 0.886. The smallest absolute Gasteiger partial charge is 0.0452 e. The molecule has 3 unspecified atom stereocenters. The standard InChI is InChI=1S/C19H32N2/c1-5-11-20-19(18-9-7-6-8-16(18)3)14-21-12-10-15(2)13-17(21)4/h6-9,15,17,19-20H,5,10-14H2,1-4H3. The van der Waals surface area contributed by atoms with Crippen molar-refractivity contribution in [2.24, 2.45) is 5.92 Å². The molecule has 2 nitrogen and oxygen atoms in total. The summed E-state index contributed by atoms with van der Waals surface area (Å²) in [7, 11) is 0. The average Bonchev–Trinajstić information content (AvgIpc) is 2.46. The highest BCUT2D eigenvalue weighted by atomic mass is 15.2. The molecule has 0 amide bonds. The van der Waals surface area contributed by atoms with Crippen molar-refractivity contribution in [3.63, 3.8) is 0 Å². The molecule has 1 aromatic rings. The first-order valence-electron chi connectivity index (χ1n) is 8.64. The molecule has 118 valence electrons. The fourth-order valence-corrected chi connectivity index (χ4v) is 3.53. The van der Waals surface area contributed by atoms with Gasteiger partial charge in [-0.1, -0.05) is 38.1 Å². The Morgan fingerprint density at radius 3 is 2.71 bits per heavy atom. The average molecular weight is 288 g/mol. The van der Waals surface area contributed by atoms with Crippen molar-refractivity contribution in [1.29, 1.82) is 0 Å². The second kappa shape index (κ2) is 7.95. The van der Waals surface area contributed by atoms with Crippen LogP contribution in [0.5, 0.6) is 0 Å². The molecule has 0 saturated carbocycles. The van der Waals surface area contributed by atoms with Crippen molar-refractivity contribution in [1.82, 2.24) is 10.2 Å². The zero-order valence-corrected chi connectivity index (χ0v) is 14.2. The Morgan fingerprint density at radius 1 is 1.29 bits per heavy atom. The van der Waals surface area contributed by atoms with Crippen molar-refractivity contribution in [2.75, 3.05) is 19.6 Å². The summed E-state index contributed by atoms with van der Waals surface area (Å²) in [6.07, 6.45) is 3.88. The maximum Gasteiger partial charge on any atom is 0.0452 e. The van der Waals surface area contributed by atoms with Gasteiger partial charge in [0.1, 0.15) is 0 Å². The summed E-state index contributed by atoms with van der Waals surface area (Å²) in [4.78, 5) is 2.68. The number of nitrogens with zero attached hydrogens (tertiary/aromatic N) is 1. The highest BCUT2D eigenvalue weighted by molar-refractivity contribution is 5.29. The van der Waals surface area contributed by atoms with E-state index in [1.807, 2.05) is 0 Å². The van der Waals surface area contributed by atoms with E-state index in [4.69, 9.17) is 0 Å². The van der Waals surface area contributed by atoms with Crippen LogP contribution in [0.25, 0.3) is 0 Å². The van der Waals surface area contributed by atoms with E-state index in [0.29, 0.717) is 12.1 Å². The lowest BCUT2D eigenvalue weighted by Gasteiger charge is -2.39. The van der Waals surface area contributed by atoms with Crippen molar-refractivity contribution in [2.45, 2.75) is 59.0 Å². The highest BCUT2D eigenvalue weighted by Gasteiger charge is 2.25. The first-order valence-corrected chi connectivity index (χ1v) is 8.64. The van der Waals surface area contributed by atoms with Crippen LogP contribution in [0.1, 0.15) is 57.2 Å². The van der Waals surface area contributed by atoms with E-state index >= 15 is 0 Å². The fourth-order valence-electron chi connectivity index (χ4n) is 3.53. The van der Waals surface area contributed by atoms with Crippen molar-refractivity contribution in [3.05, 3.63) is 35.4 Å². The van der Waals surface area contributed by atoms with Gasteiger partial charge in [0.25, 0.3) is 0 Å². The number of piperidine rings is 1. The summed E-state index contributed by atoms with van der Waals surface area (Å²) in [6, 6.07) is 10.0. The minimum absolute atomic E-state index is 0.460. The quantitative estimate of drug-likeness (QED) is 0.845. The molecule has 0 bridgehead atoms. The molecular weight excluding hydrogens is 256 g/mol. The largest absolute Gasteiger partial charge is 0.309 e. The number of likely N-dealkylation sites (tertiary alicyclic amines) is 1. The molecule has 0 spiro atoms. The molecular formula is C19H32N2. The maximum absolute atomic E-state index is 3.76. The van der Waals surface area contributed by atoms with Crippen LogP contribution in [0.3, 0.4) is 0 Å². The Bertz CT molecular complexity index is 429. The molecule has 0 aromatic heterocycles. The zero-order chi connectivity index (χ0) is 15.2. The highest BCUT2D eigenvalue weighted by Crippen LogP contribution is 2.26. The summed E-state index contributed by atoms with van der Waals surface area (Å²) >= 11 is 0. The van der Waals surface area contributed by atoms with Crippen LogP contribution in [0.4, 0.5) is 0 Å². The monoisotopic (exact) mass is 288 g/mol. The van der Waals surface area contributed by atoms with Crippen LogP contribution < -0.4 is 5.32 Å². The molecule has 1 N–H and O–H groups in total. The predicted octanol–water partition coefficient (Wildman–Crippen LogP) is 4.16. The number of aryl methyl sites for hydroxylation is 1. The third-order valence-corrected chi connectivity index (χ3v) is 4.90. The zero-order valence-electron chi connectivity index (χ0n) is 14.2. The molecule has 0 radical (unpaired) electrons. The topological polar surface area (TPSA) is 15.3 Å². The van der Waals surface area contributed by atoms with Gasteiger partial charge in [-0.2, -0.15) is 0 Å². The lowest BCUT2D eigenvalue weighted by Crippen LogP contribution is -2.45. The van der Waals surface area contributed by atoms with Gasteiger partial charge < -0.3 is 5.32 Å². The molecule has 1 fully saturated rings. The lowest BCUT2D eigenvalue weighted by molar-refractivity contribution is 0.116. The van der Waals surface area contributed by atoms with E-state index in [0.717, 1.165) is 19.0 Å². The number of benzene rings is 1. The van der Waals surface area contributed by atoms with E-state index in [1.165, 1.54) is 36.9 Å². The molecule has 1 saturated heterocycles. The first kappa shape index (κ1) is 16.5. The minimum Gasteiger partial charge on any atom is -0.309 e. The van der Waals surface area contributed by atoms with E-state index < -0.39 is 0 Å². The van der Waals surface area contributed by atoms with Crippen LogP contribution in [0.2, 0.25) is 0 Å². The van der Waals surface area contributed by atoms with Crippen LogP contribution in [-0.2, 0) is 0 Å². The third kappa shape index (κ3) is 4.55. The van der Waals surface area contributed by atoms with Crippen LogP contribution in [-0.4, -0.2) is 30.6 Å². The molecule has 1 aliphatic rings. The van der Waals surface area contributed by atoms with Gasteiger partial charge in [-0.25, -0.2) is 0 Å². The number of nitrogens with one attached hydrogen (secondary N) is 1. The summed E-state index contributed by atoms with van der Waals surface area (Å²) in [5, 5.41) is 3.76. The Hall–Kier alpha value is -0.860. The van der Waals surface area contributed by atoms with Gasteiger partial charge in [-0.3, -0.25) is 4.90 Å². The summed E-state index contributed by atoms with van der Waals surface area (Å²) in [6.45, 7) is 12.7. The number of rotatable bonds is 6. The second-order valence-electron chi connectivity index (χ2n) is 6.84. The summed E-state index contributed by atoms with van der Waals surface area (Å²) < 4.78 is 0. The molecule has 3 atom stereocenters. The van der Waals surface area contributed by atoms with Crippen molar-refractivity contribution in [3.8, 4) is 0 Å². The maximum atomic E-state index is 3.76. The SMILES string of the molecule is CCCNC(CN1CCC(C)CC1C)c1ccccc1C. The Morgan fingerprint density at radius 2 is 2.05 bits per heavy atom. The molecule has 2 rings (SSSR count). The molecule has 0 aliphatic carbocycles. The predicted molar refractivity (Wildman–Crippen MR) is 91.6 cm³/mol. The molecule has 1 heterocycles. The van der Waals surface area contributed by atoms with Gasteiger partial charge in [0.05, 0.1) is 0 Å². The third-order valence-electron chi connectivity index (χ3n) is 4.90. The molecule has 1 aromatic carbocycles. The normalized spacial score (nSPS) is 25.0. The van der Waals surface area contributed by atoms with E-state index in [9.17, 15) is 0 Å². The minimum atomic E-state index is 0.460. The number of hydrogen-bond donors (Lipinski definition) is 1. The van der Waals surface area contributed by atoms with Crippen LogP contribution in [0.15, 0.2) is 24.3 Å². The number of hydrogen-bond acceptors (Lipinski definition) is 2. The molecule has 1 aliphatic heterocycles. The van der Waals surface area contributed by atoms with Crippen LogP contribution in [0, 0.1) is 12.8 Å². The Kier molecular flexibility index (Phi) is 6.25. The fraction of sp³-hybridized carbons (Fsp3) is 0.684. The molecule has 2 heteroatoms. The summed E-state index contributed by atoms with van der Waals surface area (Å²) in [5.41, 5.74) is 2.88. The van der Waals surface area contributed by atoms with Gasteiger partial charge in [-0.05, 0) is 63.2 Å².